The summed E-state index contributed by atoms with van der Waals surface area (Å²) in [5.41, 5.74) is 3.38. The summed E-state index contributed by atoms with van der Waals surface area (Å²) in [7, 11) is -0.588. The molecule has 4 aromatic rings. The topological polar surface area (TPSA) is 112 Å². The van der Waals surface area contributed by atoms with Gasteiger partial charge >= 0.3 is 0 Å². The molecule has 3 aromatic carbocycles. The van der Waals surface area contributed by atoms with Crippen molar-refractivity contribution in [3.8, 4) is 22.8 Å². The number of aromatic nitrogens is 2. The molecule has 0 unspecified atom stereocenters. The van der Waals surface area contributed by atoms with Gasteiger partial charge < -0.3 is 19.5 Å². The van der Waals surface area contributed by atoms with Crippen molar-refractivity contribution in [2.75, 3.05) is 39.4 Å². The zero-order chi connectivity index (χ0) is 28.3. The predicted molar refractivity (Wildman–Crippen MR) is 150 cm³/mol. The average Bonchev–Trinajstić information content (AvgIpc) is 3.66. The van der Waals surface area contributed by atoms with Gasteiger partial charge in [-0.2, -0.15) is 9.40 Å². The Labute approximate surface area is 233 Å². The van der Waals surface area contributed by atoms with Gasteiger partial charge in [-0.05, 0) is 54.4 Å². The second kappa shape index (κ2) is 11.5. The van der Waals surface area contributed by atoms with E-state index >= 15 is 0 Å². The Hall–Kier alpha value is -4.19. The highest BCUT2D eigenvalue weighted by molar-refractivity contribution is 7.89. The highest BCUT2D eigenvalue weighted by Crippen LogP contribution is 2.29. The van der Waals surface area contributed by atoms with Gasteiger partial charge in [-0.15, -0.1) is 0 Å². The number of aryl methyl sites for hydroxylation is 1. The van der Waals surface area contributed by atoms with Crippen LogP contribution < -0.4 is 14.8 Å². The maximum Gasteiger partial charge on any atom is 0.259 e. The van der Waals surface area contributed by atoms with E-state index in [1.807, 2.05) is 48.5 Å². The molecule has 0 spiro atoms. The monoisotopic (exact) mass is 562 g/mol. The number of nitrogens with zero attached hydrogens (tertiary/aromatic N) is 3. The van der Waals surface area contributed by atoms with Gasteiger partial charge in [0.2, 0.25) is 10.0 Å². The third-order valence-corrected chi connectivity index (χ3v) is 8.58. The third kappa shape index (κ3) is 5.71. The fraction of sp³-hybridized carbons (Fsp3) is 0.241. The van der Waals surface area contributed by atoms with Crippen LogP contribution >= 0.6 is 0 Å². The van der Waals surface area contributed by atoms with Crippen molar-refractivity contribution in [3.63, 3.8) is 0 Å². The van der Waals surface area contributed by atoms with Crippen LogP contribution in [0.1, 0.15) is 21.5 Å². The molecular weight excluding hydrogens is 532 g/mol. The highest BCUT2D eigenvalue weighted by atomic mass is 32.2. The van der Waals surface area contributed by atoms with E-state index in [4.69, 9.17) is 19.3 Å². The Morgan fingerprint density at radius 2 is 1.77 bits per heavy atom. The molecule has 0 bridgehead atoms. The van der Waals surface area contributed by atoms with Crippen molar-refractivity contribution in [2.24, 2.45) is 0 Å². The number of carbonyl (C=O) groups is 1. The largest absolute Gasteiger partial charge is 0.497 e. The Bertz CT molecular complexity index is 1640. The van der Waals surface area contributed by atoms with E-state index in [0.29, 0.717) is 47.0 Å². The van der Waals surface area contributed by atoms with E-state index in [-0.39, 0.29) is 18.2 Å². The van der Waals surface area contributed by atoms with Crippen LogP contribution in [-0.2, 0) is 21.3 Å². The maximum atomic E-state index is 13.6. The minimum atomic E-state index is -3.77. The van der Waals surface area contributed by atoms with Crippen molar-refractivity contribution in [1.29, 1.82) is 0 Å². The molecular formula is C29H30N4O6S. The van der Waals surface area contributed by atoms with Gasteiger partial charge in [-0.25, -0.2) is 8.42 Å². The molecule has 1 N–H and O–H groups in total. The van der Waals surface area contributed by atoms with Gasteiger partial charge in [0.25, 0.3) is 5.91 Å². The van der Waals surface area contributed by atoms with Gasteiger partial charge in [0, 0.05) is 24.0 Å². The summed E-state index contributed by atoms with van der Waals surface area (Å²) in [5, 5.41) is 7.60. The summed E-state index contributed by atoms with van der Waals surface area (Å²) in [5.74, 6) is 0.929. The molecule has 10 nitrogen and oxygen atoms in total. The molecule has 1 amide bonds. The second-order valence-corrected chi connectivity index (χ2v) is 11.2. The number of carbonyl (C=O) groups excluding carboxylic acids is 1. The molecule has 1 aliphatic rings. The van der Waals surface area contributed by atoms with Gasteiger partial charge in [-0.3, -0.25) is 9.48 Å². The van der Waals surface area contributed by atoms with Gasteiger partial charge in [0.1, 0.15) is 23.9 Å². The Morgan fingerprint density at radius 3 is 2.50 bits per heavy atom. The molecule has 2 heterocycles. The average molecular weight is 563 g/mol. The predicted octanol–water partition coefficient (Wildman–Crippen LogP) is 4.15. The van der Waals surface area contributed by atoms with Gasteiger partial charge in [-0.1, -0.05) is 30.3 Å². The van der Waals surface area contributed by atoms with Crippen molar-refractivity contribution in [1.82, 2.24) is 14.1 Å². The summed E-state index contributed by atoms with van der Waals surface area (Å²) in [6, 6.07) is 19.8. The number of nitrogens with one attached hydrogen (secondary N) is 1. The van der Waals surface area contributed by atoms with Gasteiger partial charge in [0.15, 0.2) is 0 Å². The van der Waals surface area contributed by atoms with Crippen molar-refractivity contribution in [2.45, 2.75) is 18.4 Å². The number of anilines is 1. The summed E-state index contributed by atoms with van der Waals surface area (Å²) in [6.07, 6.45) is 1.68. The molecule has 0 atom stereocenters. The molecule has 0 saturated carbocycles. The summed E-state index contributed by atoms with van der Waals surface area (Å²) < 4.78 is 45.3. The first-order valence-corrected chi connectivity index (χ1v) is 14.1. The van der Waals surface area contributed by atoms with E-state index in [9.17, 15) is 13.2 Å². The SMILES string of the molecule is COc1cccc(Cn2cc(C(=O)Nc3ccc(C)c(S(=O)(=O)N4CCOC4)c3)c(-c3cccc(OC)c3)n2)c1. The quantitative estimate of drug-likeness (QED) is 0.326. The number of hydrogen-bond donors (Lipinski definition) is 1. The summed E-state index contributed by atoms with van der Waals surface area (Å²) in [6.45, 7) is 2.77. The normalized spacial score (nSPS) is 13.8. The van der Waals surface area contributed by atoms with Crippen molar-refractivity contribution in [3.05, 3.63) is 89.6 Å². The fourth-order valence-corrected chi connectivity index (χ4v) is 6.05. The lowest BCUT2D eigenvalue weighted by Gasteiger charge is -2.17. The fourth-order valence-electron chi connectivity index (χ4n) is 4.49. The van der Waals surface area contributed by atoms with E-state index in [1.165, 1.54) is 10.4 Å². The number of benzene rings is 3. The number of sulfonamides is 1. The van der Waals surface area contributed by atoms with E-state index in [0.717, 1.165) is 11.3 Å². The summed E-state index contributed by atoms with van der Waals surface area (Å²) >= 11 is 0. The van der Waals surface area contributed by atoms with Crippen LogP contribution in [0.3, 0.4) is 0 Å². The molecule has 40 heavy (non-hydrogen) atoms. The molecule has 1 aromatic heterocycles. The lowest BCUT2D eigenvalue weighted by atomic mass is 10.1. The smallest absolute Gasteiger partial charge is 0.259 e. The third-order valence-electron chi connectivity index (χ3n) is 6.61. The first kappa shape index (κ1) is 27.4. The lowest BCUT2D eigenvalue weighted by molar-refractivity contribution is 0.102. The van der Waals surface area contributed by atoms with Crippen LogP contribution in [0.4, 0.5) is 5.69 Å². The van der Waals surface area contributed by atoms with Crippen LogP contribution in [0.25, 0.3) is 11.3 Å². The minimum absolute atomic E-state index is 0.00866. The number of ether oxygens (including phenoxy) is 3. The second-order valence-electron chi connectivity index (χ2n) is 9.32. The molecule has 0 aliphatic carbocycles. The Balaban J connectivity index is 1.49. The molecule has 1 saturated heterocycles. The van der Waals surface area contributed by atoms with Crippen LogP contribution in [-0.4, -0.2) is 62.5 Å². The van der Waals surface area contributed by atoms with Crippen molar-refractivity contribution >= 4 is 21.6 Å². The van der Waals surface area contributed by atoms with E-state index in [2.05, 4.69) is 5.32 Å². The molecule has 1 fully saturated rings. The first-order valence-electron chi connectivity index (χ1n) is 12.6. The van der Waals surface area contributed by atoms with Crippen LogP contribution in [0, 0.1) is 6.92 Å². The molecule has 0 radical (unpaired) electrons. The van der Waals surface area contributed by atoms with Crippen LogP contribution in [0.5, 0.6) is 11.5 Å². The highest BCUT2D eigenvalue weighted by Gasteiger charge is 2.29. The zero-order valence-corrected chi connectivity index (χ0v) is 23.3. The number of amides is 1. The first-order chi connectivity index (χ1) is 19.3. The zero-order valence-electron chi connectivity index (χ0n) is 22.5. The molecule has 5 rings (SSSR count). The number of hydrogen-bond acceptors (Lipinski definition) is 7. The standard InChI is InChI=1S/C29H30N4O6S/c1-20-10-11-23(16-27(20)40(35,36)33-12-13-39-19-33)30-29(34)26-18-32(17-21-6-4-8-24(14-21)37-2)31-28(26)22-7-5-9-25(15-22)38-3/h4-11,14-16,18H,12-13,17,19H2,1-3H3,(H,30,34). The number of rotatable bonds is 9. The lowest BCUT2D eigenvalue weighted by Crippen LogP contribution is -2.29. The van der Waals surface area contributed by atoms with E-state index in [1.54, 1.807) is 44.2 Å². The van der Waals surface area contributed by atoms with Crippen LogP contribution in [0.15, 0.2) is 77.8 Å². The molecule has 208 valence electrons. The Morgan fingerprint density at radius 1 is 1.02 bits per heavy atom. The Kier molecular flexibility index (Phi) is 7.88. The minimum Gasteiger partial charge on any atom is -0.497 e. The number of methoxy groups -OCH3 is 2. The van der Waals surface area contributed by atoms with Gasteiger partial charge in [0.05, 0.1) is 37.8 Å². The summed E-state index contributed by atoms with van der Waals surface area (Å²) in [4.78, 5) is 13.8. The van der Waals surface area contributed by atoms with Crippen LogP contribution in [0.2, 0.25) is 0 Å². The van der Waals surface area contributed by atoms with E-state index < -0.39 is 15.9 Å². The molecule has 1 aliphatic heterocycles. The maximum absolute atomic E-state index is 13.6. The molecule has 11 heteroatoms. The van der Waals surface area contributed by atoms with Crippen molar-refractivity contribution < 1.29 is 27.4 Å².